The Morgan fingerprint density at radius 2 is 2.29 bits per heavy atom. The molecule has 1 saturated heterocycles. The van der Waals surface area contributed by atoms with E-state index >= 15 is 0 Å². The first-order valence-corrected chi connectivity index (χ1v) is 6.01. The van der Waals surface area contributed by atoms with Gasteiger partial charge in [0.05, 0.1) is 6.61 Å². The molecule has 1 aromatic rings. The molecule has 0 aliphatic carbocycles. The molecule has 2 rings (SSSR count). The summed E-state index contributed by atoms with van der Waals surface area (Å²) in [5.41, 5.74) is 0. The highest BCUT2D eigenvalue weighted by atomic mass is 19.1. The van der Waals surface area contributed by atoms with Crippen molar-refractivity contribution in [3.63, 3.8) is 0 Å². The number of hydrogen-bond acceptors (Lipinski definition) is 3. The number of para-hydroxylation sites is 1. The van der Waals surface area contributed by atoms with Gasteiger partial charge in [0, 0.05) is 13.1 Å². The fourth-order valence-corrected chi connectivity index (χ4v) is 1.91. The van der Waals surface area contributed by atoms with Crippen LogP contribution in [-0.2, 0) is 4.74 Å². The SMILES string of the molecule is CCN1CCOC(COc2ccccc2F)C1. The second-order valence-electron chi connectivity index (χ2n) is 4.13. The highest BCUT2D eigenvalue weighted by Crippen LogP contribution is 2.16. The average molecular weight is 239 g/mol. The van der Waals surface area contributed by atoms with Gasteiger partial charge in [-0.25, -0.2) is 4.39 Å². The first kappa shape index (κ1) is 12.3. The number of ether oxygens (including phenoxy) is 2. The van der Waals surface area contributed by atoms with Gasteiger partial charge in [-0.1, -0.05) is 19.1 Å². The number of hydrogen-bond donors (Lipinski definition) is 0. The molecular weight excluding hydrogens is 221 g/mol. The van der Waals surface area contributed by atoms with E-state index in [4.69, 9.17) is 9.47 Å². The van der Waals surface area contributed by atoms with Gasteiger partial charge in [-0.15, -0.1) is 0 Å². The zero-order valence-electron chi connectivity index (χ0n) is 10.1. The largest absolute Gasteiger partial charge is 0.488 e. The molecular formula is C13H18FNO2. The minimum Gasteiger partial charge on any atom is -0.488 e. The molecule has 0 N–H and O–H groups in total. The molecule has 1 atom stereocenters. The molecule has 0 amide bonds. The van der Waals surface area contributed by atoms with E-state index in [1.165, 1.54) is 6.07 Å². The molecule has 0 bridgehead atoms. The smallest absolute Gasteiger partial charge is 0.165 e. The van der Waals surface area contributed by atoms with Crippen molar-refractivity contribution in [2.24, 2.45) is 0 Å². The first-order chi connectivity index (χ1) is 8.29. The lowest BCUT2D eigenvalue weighted by Gasteiger charge is -2.31. The summed E-state index contributed by atoms with van der Waals surface area (Å²) < 4.78 is 24.3. The molecule has 1 aliphatic rings. The molecule has 0 aromatic heterocycles. The average Bonchev–Trinajstić information content (AvgIpc) is 2.38. The molecule has 1 unspecified atom stereocenters. The zero-order valence-corrected chi connectivity index (χ0v) is 10.1. The molecule has 17 heavy (non-hydrogen) atoms. The summed E-state index contributed by atoms with van der Waals surface area (Å²) in [6.45, 7) is 6.08. The summed E-state index contributed by atoms with van der Waals surface area (Å²) in [7, 11) is 0. The van der Waals surface area contributed by atoms with Gasteiger partial charge in [-0.05, 0) is 18.7 Å². The second-order valence-corrected chi connectivity index (χ2v) is 4.13. The Bertz CT molecular complexity index is 359. The minimum atomic E-state index is -0.323. The first-order valence-electron chi connectivity index (χ1n) is 6.01. The highest BCUT2D eigenvalue weighted by Gasteiger charge is 2.20. The van der Waals surface area contributed by atoms with Crippen molar-refractivity contribution in [3.05, 3.63) is 30.1 Å². The lowest BCUT2D eigenvalue weighted by atomic mass is 10.3. The van der Waals surface area contributed by atoms with Crippen LogP contribution >= 0.6 is 0 Å². The van der Waals surface area contributed by atoms with Crippen LogP contribution in [0.2, 0.25) is 0 Å². The quantitative estimate of drug-likeness (QED) is 0.801. The lowest BCUT2D eigenvalue weighted by molar-refractivity contribution is -0.0468. The van der Waals surface area contributed by atoms with Crippen molar-refractivity contribution in [3.8, 4) is 5.75 Å². The van der Waals surface area contributed by atoms with Gasteiger partial charge in [0.25, 0.3) is 0 Å². The number of rotatable bonds is 4. The lowest BCUT2D eigenvalue weighted by Crippen LogP contribution is -2.44. The Kier molecular flexibility index (Phi) is 4.34. The van der Waals surface area contributed by atoms with E-state index in [-0.39, 0.29) is 11.9 Å². The number of likely N-dealkylation sites (N-methyl/N-ethyl adjacent to an activating group) is 1. The van der Waals surface area contributed by atoms with Crippen molar-refractivity contribution in [2.75, 3.05) is 32.8 Å². The van der Waals surface area contributed by atoms with Crippen LogP contribution in [0.25, 0.3) is 0 Å². The Morgan fingerprint density at radius 1 is 1.47 bits per heavy atom. The van der Waals surface area contributed by atoms with Crippen LogP contribution in [0, 0.1) is 5.82 Å². The highest BCUT2D eigenvalue weighted by molar-refractivity contribution is 5.23. The van der Waals surface area contributed by atoms with E-state index < -0.39 is 0 Å². The topological polar surface area (TPSA) is 21.7 Å². The third kappa shape index (κ3) is 3.41. The fourth-order valence-electron chi connectivity index (χ4n) is 1.91. The number of benzene rings is 1. The predicted molar refractivity (Wildman–Crippen MR) is 63.7 cm³/mol. The molecule has 94 valence electrons. The summed E-state index contributed by atoms with van der Waals surface area (Å²) in [5.74, 6) is -0.0274. The van der Waals surface area contributed by atoms with Crippen molar-refractivity contribution in [2.45, 2.75) is 13.0 Å². The maximum Gasteiger partial charge on any atom is 0.165 e. The molecule has 3 nitrogen and oxygen atoms in total. The second kappa shape index (κ2) is 5.98. The van der Waals surface area contributed by atoms with Gasteiger partial charge in [0.1, 0.15) is 12.7 Å². The normalized spacial score (nSPS) is 21.4. The number of nitrogens with zero attached hydrogens (tertiary/aromatic N) is 1. The van der Waals surface area contributed by atoms with E-state index in [9.17, 15) is 4.39 Å². The summed E-state index contributed by atoms with van der Waals surface area (Å²) >= 11 is 0. The van der Waals surface area contributed by atoms with E-state index in [0.717, 1.165) is 26.2 Å². The van der Waals surface area contributed by atoms with Crippen LogP contribution in [0.15, 0.2) is 24.3 Å². The molecule has 1 fully saturated rings. The maximum atomic E-state index is 13.3. The monoisotopic (exact) mass is 239 g/mol. The number of morpholine rings is 1. The summed E-state index contributed by atoms with van der Waals surface area (Å²) in [4.78, 5) is 2.30. The van der Waals surface area contributed by atoms with Crippen LogP contribution in [0.5, 0.6) is 5.75 Å². The van der Waals surface area contributed by atoms with E-state index in [0.29, 0.717) is 12.4 Å². The molecule has 0 saturated carbocycles. The van der Waals surface area contributed by atoms with E-state index in [2.05, 4.69) is 11.8 Å². The Labute approximate surface area is 101 Å². The summed E-state index contributed by atoms with van der Waals surface area (Å²) in [6.07, 6.45) is 0.0308. The van der Waals surface area contributed by atoms with Gasteiger partial charge in [0.15, 0.2) is 11.6 Å². The van der Waals surface area contributed by atoms with Crippen molar-refractivity contribution >= 4 is 0 Å². The van der Waals surface area contributed by atoms with Gasteiger partial charge in [-0.2, -0.15) is 0 Å². The minimum absolute atomic E-state index is 0.0308. The van der Waals surface area contributed by atoms with Crippen LogP contribution < -0.4 is 4.74 Å². The molecule has 4 heteroatoms. The number of halogens is 1. The Morgan fingerprint density at radius 3 is 3.06 bits per heavy atom. The fraction of sp³-hybridized carbons (Fsp3) is 0.538. The molecule has 1 aromatic carbocycles. The third-order valence-electron chi connectivity index (χ3n) is 2.93. The Balaban J connectivity index is 1.84. The van der Waals surface area contributed by atoms with Gasteiger partial charge in [-0.3, -0.25) is 4.90 Å². The summed E-state index contributed by atoms with van der Waals surface area (Å²) in [6, 6.07) is 6.45. The maximum absolute atomic E-state index is 13.3. The molecule has 0 spiro atoms. The van der Waals surface area contributed by atoms with Crippen molar-refractivity contribution < 1.29 is 13.9 Å². The van der Waals surface area contributed by atoms with Crippen LogP contribution in [0.3, 0.4) is 0 Å². The third-order valence-corrected chi connectivity index (χ3v) is 2.93. The molecule has 1 heterocycles. The van der Waals surface area contributed by atoms with Crippen molar-refractivity contribution in [1.29, 1.82) is 0 Å². The summed E-state index contributed by atoms with van der Waals surface area (Å²) in [5, 5.41) is 0. The zero-order chi connectivity index (χ0) is 12.1. The van der Waals surface area contributed by atoms with E-state index in [1.807, 2.05) is 0 Å². The van der Waals surface area contributed by atoms with Gasteiger partial charge >= 0.3 is 0 Å². The van der Waals surface area contributed by atoms with Crippen molar-refractivity contribution in [1.82, 2.24) is 4.90 Å². The Hall–Kier alpha value is -1.13. The van der Waals surface area contributed by atoms with Crippen LogP contribution in [-0.4, -0.2) is 43.9 Å². The van der Waals surface area contributed by atoms with Gasteiger partial charge in [0.2, 0.25) is 0 Å². The van der Waals surface area contributed by atoms with E-state index in [1.54, 1.807) is 18.2 Å². The molecule has 1 aliphatic heterocycles. The molecule has 0 radical (unpaired) electrons. The predicted octanol–water partition coefficient (Wildman–Crippen LogP) is 1.93. The van der Waals surface area contributed by atoms with Crippen LogP contribution in [0.4, 0.5) is 4.39 Å². The standard InChI is InChI=1S/C13H18FNO2/c1-2-15-7-8-16-11(9-15)10-17-13-6-4-3-5-12(13)14/h3-6,11H,2,7-10H2,1H3. The van der Waals surface area contributed by atoms with Crippen LogP contribution in [0.1, 0.15) is 6.92 Å². The van der Waals surface area contributed by atoms with Gasteiger partial charge < -0.3 is 9.47 Å².